The first-order valence-electron chi connectivity index (χ1n) is 5.76. The molecule has 2 rings (SSSR count). The van der Waals surface area contributed by atoms with Crippen LogP contribution >= 0.6 is 11.6 Å². The number of anilines is 1. The van der Waals surface area contributed by atoms with Crippen LogP contribution in [0.4, 0.5) is 5.69 Å². The average Bonchev–Trinajstić information content (AvgIpc) is 2.79. The molecule has 0 aliphatic heterocycles. The van der Waals surface area contributed by atoms with Crippen molar-refractivity contribution in [2.75, 3.05) is 11.4 Å². The van der Waals surface area contributed by atoms with E-state index in [-0.39, 0.29) is 16.9 Å². The van der Waals surface area contributed by atoms with Crippen molar-refractivity contribution >= 4 is 23.2 Å². The van der Waals surface area contributed by atoms with Gasteiger partial charge in [-0.3, -0.25) is 4.79 Å². The number of benzene rings is 1. The maximum Gasteiger partial charge on any atom is 0.294 e. The Morgan fingerprint density at radius 3 is 2.56 bits per heavy atom. The SMILES string of the molecule is CCN(C(=O)c1ccc(Cl)o1)c1ccccc1C. The molecule has 1 amide bonds. The van der Waals surface area contributed by atoms with Crippen LogP contribution in [0.25, 0.3) is 0 Å². The van der Waals surface area contributed by atoms with Crippen LogP contribution in [-0.4, -0.2) is 12.5 Å². The molecule has 0 saturated carbocycles. The Bertz CT molecular complexity index is 562. The molecule has 0 saturated heterocycles. The van der Waals surface area contributed by atoms with Gasteiger partial charge in [-0.2, -0.15) is 0 Å². The minimum atomic E-state index is -0.182. The third-order valence-electron chi connectivity index (χ3n) is 2.75. The van der Waals surface area contributed by atoms with E-state index in [0.29, 0.717) is 6.54 Å². The fourth-order valence-electron chi connectivity index (χ4n) is 1.85. The Hall–Kier alpha value is -1.74. The molecular formula is C14H14ClNO2. The van der Waals surface area contributed by atoms with Crippen LogP contribution in [0.1, 0.15) is 23.0 Å². The average molecular weight is 264 g/mol. The van der Waals surface area contributed by atoms with Crippen LogP contribution in [0.5, 0.6) is 0 Å². The van der Waals surface area contributed by atoms with Crippen LogP contribution in [0.15, 0.2) is 40.8 Å². The molecule has 2 aromatic rings. The van der Waals surface area contributed by atoms with Crippen LogP contribution in [0, 0.1) is 6.92 Å². The van der Waals surface area contributed by atoms with Crippen LogP contribution in [0.2, 0.25) is 5.22 Å². The fourth-order valence-corrected chi connectivity index (χ4v) is 2.00. The summed E-state index contributed by atoms with van der Waals surface area (Å²) in [4.78, 5) is 14.0. The Morgan fingerprint density at radius 1 is 1.28 bits per heavy atom. The van der Waals surface area contributed by atoms with Gasteiger partial charge in [0.05, 0.1) is 0 Å². The number of rotatable bonds is 3. The summed E-state index contributed by atoms with van der Waals surface area (Å²) in [5.74, 6) is 0.0730. The van der Waals surface area contributed by atoms with E-state index in [0.717, 1.165) is 11.3 Å². The number of furan rings is 1. The zero-order valence-corrected chi connectivity index (χ0v) is 11.1. The molecule has 4 heteroatoms. The molecule has 3 nitrogen and oxygen atoms in total. The lowest BCUT2D eigenvalue weighted by atomic mass is 10.1. The zero-order valence-electron chi connectivity index (χ0n) is 10.3. The van der Waals surface area contributed by atoms with Crippen molar-refractivity contribution in [1.29, 1.82) is 0 Å². The predicted molar refractivity (Wildman–Crippen MR) is 72.2 cm³/mol. The lowest BCUT2D eigenvalue weighted by molar-refractivity contribution is 0.0961. The predicted octanol–water partition coefficient (Wildman–Crippen LogP) is 3.91. The first kappa shape index (κ1) is 12.7. The number of para-hydroxylation sites is 1. The molecule has 0 fully saturated rings. The van der Waals surface area contributed by atoms with Crippen molar-refractivity contribution in [2.45, 2.75) is 13.8 Å². The summed E-state index contributed by atoms with van der Waals surface area (Å²) in [6.07, 6.45) is 0. The van der Waals surface area contributed by atoms with Crippen LogP contribution in [-0.2, 0) is 0 Å². The summed E-state index contributed by atoms with van der Waals surface area (Å²) in [5, 5.41) is 0.221. The molecule has 0 aliphatic carbocycles. The molecule has 0 N–H and O–H groups in total. The molecule has 1 aromatic carbocycles. The van der Waals surface area contributed by atoms with Gasteiger partial charge in [0.2, 0.25) is 0 Å². The van der Waals surface area contributed by atoms with Gasteiger partial charge in [-0.15, -0.1) is 0 Å². The normalized spacial score (nSPS) is 10.4. The zero-order chi connectivity index (χ0) is 13.1. The van der Waals surface area contributed by atoms with Gasteiger partial charge in [0.1, 0.15) is 0 Å². The Balaban J connectivity index is 2.35. The number of carbonyl (C=O) groups is 1. The minimum Gasteiger partial charge on any atom is -0.440 e. The summed E-state index contributed by atoms with van der Waals surface area (Å²) in [5.41, 5.74) is 1.93. The molecule has 0 atom stereocenters. The second-order valence-corrected chi connectivity index (χ2v) is 4.31. The highest BCUT2D eigenvalue weighted by Gasteiger charge is 2.20. The summed E-state index contributed by atoms with van der Waals surface area (Å²) < 4.78 is 5.16. The lowest BCUT2D eigenvalue weighted by Crippen LogP contribution is -2.30. The first-order chi connectivity index (χ1) is 8.63. The molecular weight excluding hydrogens is 250 g/mol. The molecule has 0 aliphatic rings. The minimum absolute atomic E-state index is 0.182. The number of halogens is 1. The summed E-state index contributed by atoms with van der Waals surface area (Å²) >= 11 is 5.69. The maximum absolute atomic E-state index is 12.3. The van der Waals surface area contributed by atoms with Crippen molar-refractivity contribution in [3.05, 3.63) is 52.9 Å². The second kappa shape index (κ2) is 5.27. The van der Waals surface area contributed by atoms with Gasteiger partial charge >= 0.3 is 0 Å². The highest BCUT2D eigenvalue weighted by Crippen LogP contribution is 2.23. The highest BCUT2D eigenvalue weighted by molar-refractivity contribution is 6.29. The van der Waals surface area contributed by atoms with E-state index in [9.17, 15) is 4.79 Å². The number of nitrogens with zero attached hydrogens (tertiary/aromatic N) is 1. The van der Waals surface area contributed by atoms with Gasteiger partial charge in [-0.25, -0.2) is 0 Å². The van der Waals surface area contributed by atoms with Gasteiger partial charge in [-0.05, 0) is 49.2 Å². The van der Waals surface area contributed by atoms with E-state index in [1.165, 1.54) is 0 Å². The van der Waals surface area contributed by atoms with E-state index < -0.39 is 0 Å². The summed E-state index contributed by atoms with van der Waals surface area (Å²) in [6.45, 7) is 4.47. The molecule has 1 heterocycles. The molecule has 0 unspecified atom stereocenters. The monoisotopic (exact) mass is 263 g/mol. The first-order valence-corrected chi connectivity index (χ1v) is 6.14. The van der Waals surface area contributed by atoms with E-state index in [1.54, 1.807) is 17.0 Å². The van der Waals surface area contributed by atoms with E-state index in [4.69, 9.17) is 16.0 Å². The molecule has 94 valence electrons. The third kappa shape index (κ3) is 2.41. The van der Waals surface area contributed by atoms with E-state index in [2.05, 4.69) is 0 Å². The van der Waals surface area contributed by atoms with Crippen molar-refractivity contribution in [1.82, 2.24) is 0 Å². The number of hydrogen-bond donors (Lipinski definition) is 0. The molecule has 18 heavy (non-hydrogen) atoms. The smallest absolute Gasteiger partial charge is 0.294 e. The van der Waals surface area contributed by atoms with Crippen molar-refractivity contribution in [3.8, 4) is 0 Å². The van der Waals surface area contributed by atoms with Gasteiger partial charge in [-0.1, -0.05) is 18.2 Å². The van der Waals surface area contributed by atoms with Crippen molar-refractivity contribution in [2.24, 2.45) is 0 Å². The number of hydrogen-bond acceptors (Lipinski definition) is 2. The summed E-state index contributed by atoms with van der Waals surface area (Å²) in [6, 6.07) is 10.9. The van der Waals surface area contributed by atoms with E-state index >= 15 is 0 Å². The number of carbonyl (C=O) groups excluding carboxylic acids is 1. The fraction of sp³-hybridized carbons (Fsp3) is 0.214. The van der Waals surface area contributed by atoms with Gasteiger partial charge in [0.15, 0.2) is 11.0 Å². The van der Waals surface area contributed by atoms with Crippen LogP contribution < -0.4 is 4.90 Å². The quantitative estimate of drug-likeness (QED) is 0.841. The highest BCUT2D eigenvalue weighted by atomic mass is 35.5. The Morgan fingerprint density at radius 2 is 2.00 bits per heavy atom. The second-order valence-electron chi connectivity index (χ2n) is 3.94. The molecule has 1 aromatic heterocycles. The Kier molecular flexibility index (Phi) is 3.72. The topological polar surface area (TPSA) is 33.5 Å². The van der Waals surface area contributed by atoms with Gasteiger partial charge in [0, 0.05) is 12.2 Å². The van der Waals surface area contributed by atoms with Gasteiger partial charge < -0.3 is 9.32 Å². The van der Waals surface area contributed by atoms with E-state index in [1.807, 2.05) is 38.1 Å². The number of amides is 1. The van der Waals surface area contributed by atoms with Crippen molar-refractivity contribution < 1.29 is 9.21 Å². The lowest BCUT2D eigenvalue weighted by Gasteiger charge is -2.21. The Labute approximate surface area is 111 Å². The van der Waals surface area contributed by atoms with Crippen molar-refractivity contribution in [3.63, 3.8) is 0 Å². The maximum atomic E-state index is 12.3. The molecule has 0 bridgehead atoms. The third-order valence-corrected chi connectivity index (χ3v) is 2.95. The molecule has 0 spiro atoms. The summed E-state index contributed by atoms with van der Waals surface area (Å²) in [7, 11) is 0. The standard InChI is InChI=1S/C14H14ClNO2/c1-3-16(11-7-5-4-6-10(11)2)14(17)12-8-9-13(15)18-12/h4-9H,3H2,1-2H3. The molecule has 0 radical (unpaired) electrons. The van der Waals surface area contributed by atoms with Crippen LogP contribution in [0.3, 0.4) is 0 Å². The number of aryl methyl sites for hydroxylation is 1. The largest absolute Gasteiger partial charge is 0.440 e. The van der Waals surface area contributed by atoms with Gasteiger partial charge in [0.25, 0.3) is 5.91 Å².